The van der Waals surface area contributed by atoms with E-state index in [1.54, 1.807) is 28.4 Å². The van der Waals surface area contributed by atoms with Gasteiger partial charge in [0.15, 0.2) is 0 Å². The average Bonchev–Trinajstić information content (AvgIpc) is 2.90. The van der Waals surface area contributed by atoms with Gasteiger partial charge in [0, 0.05) is 35.8 Å². The summed E-state index contributed by atoms with van der Waals surface area (Å²) < 4.78 is 22.6. The summed E-state index contributed by atoms with van der Waals surface area (Å²) in [5, 5.41) is 0. The van der Waals surface area contributed by atoms with Gasteiger partial charge in [0.05, 0.1) is 28.4 Å². The zero-order chi connectivity index (χ0) is 26.9. The number of hydrogen-bond donors (Lipinski definition) is 0. The maximum absolute atomic E-state index is 13.5. The van der Waals surface area contributed by atoms with Crippen LogP contribution in [0.5, 0.6) is 11.5 Å². The van der Waals surface area contributed by atoms with E-state index in [2.05, 4.69) is 39.8 Å². The van der Waals surface area contributed by atoms with E-state index in [-0.39, 0.29) is 27.9 Å². The van der Waals surface area contributed by atoms with Gasteiger partial charge in [-0.25, -0.2) is 0 Å². The maximum Gasteiger partial charge on any atom is 0.137 e. The molecule has 2 aliphatic carbocycles. The Hall–Kier alpha value is -2.69. The predicted molar refractivity (Wildman–Crippen MR) is 144 cm³/mol. The van der Waals surface area contributed by atoms with E-state index in [9.17, 15) is 4.79 Å². The van der Waals surface area contributed by atoms with Crippen molar-refractivity contribution in [3.8, 4) is 11.5 Å². The van der Waals surface area contributed by atoms with Gasteiger partial charge in [-0.05, 0) is 61.3 Å². The highest BCUT2D eigenvalue weighted by Gasteiger charge is 2.64. The Morgan fingerprint density at radius 3 is 2.31 bits per heavy atom. The Bertz CT molecular complexity index is 1090. The van der Waals surface area contributed by atoms with Crippen LogP contribution in [0.1, 0.15) is 65.0 Å². The number of benzene rings is 1. The largest absolute Gasteiger partial charge is 0.501 e. The summed E-state index contributed by atoms with van der Waals surface area (Å²) in [4.78, 5) is 13.5. The second-order valence-corrected chi connectivity index (χ2v) is 11.5. The molecule has 0 saturated heterocycles. The minimum absolute atomic E-state index is 0.0875. The number of fused-ring (bicyclic) bond motifs is 2. The second kappa shape index (κ2) is 10.4. The smallest absolute Gasteiger partial charge is 0.137 e. The molecule has 5 heteroatoms. The van der Waals surface area contributed by atoms with Crippen molar-refractivity contribution in [1.82, 2.24) is 0 Å². The van der Waals surface area contributed by atoms with Gasteiger partial charge < -0.3 is 18.9 Å². The van der Waals surface area contributed by atoms with E-state index >= 15 is 0 Å². The van der Waals surface area contributed by atoms with Crippen LogP contribution in [0.2, 0.25) is 0 Å². The molecule has 3 rings (SSSR count). The molecule has 36 heavy (non-hydrogen) atoms. The highest BCUT2D eigenvalue weighted by atomic mass is 16.5. The highest BCUT2D eigenvalue weighted by molar-refractivity contribution is 5.81. The predicted octanol–water partition coefficient (Wildman–Crippen LogP) is 6.98. The van der Waals surface area contributed by atoms with Gasteiger partial charge in [-0.2, -0.15) is 0 Å². The van der Waals surface area contributed by atoms with Crippen molar-refractivity contribution < 1.29 is 23.7 Å². The number of ether oxygens (including phenoxy) is 4. The van der Waals surface area contributed by atoms with Crippen molar-refractivity contribution in [3.05, 3.63) is 58.6 Å². The molecule has 0 heterocycles. The van der Waals surface area contributed by atoms with Crippen LogP contribution in [0.15, 0.2) is 47.5 Å². The molecular weight excluding hydrogens is 452 g/mol. The van der Waals surface area contributed by atoms with Crippen LogP contribution in [-0.2, 0) is 20.7 Å². The first-order chi connectivity index (χ1) is 16.9. The Morgan fingerprint density at radius 1 is 1.03 bits per heavy atom. The van der Waals surface area contributed by atoms with E-state index in [1.165, 1.54) is 0 Å². The molecule has 0 aromatic heterocycles. The lowest BCUT2D eigenvalue weighted by Crippen LogP contribution is -2.42. The number of allylic oxidation sites excluding steroid dienone is 5. The molecule has 2 aliphatic rings. The van der Waals surface area contributed by atoms with Crippen LogP contribution in [-0.4, -0.2) is 34.2 Å². The SMILES string of the molecule is COC1=CC2(C)C(C)(CC(=O)CC(C)=CCc3cc(OC)cc(C)c3OC)CC(C(OC)=C1)C2(C)C. The number of carbonyl (C=O) groups is 1. The van der Waals surface area contributed by atoms with Gasteiger partial charge in [-0.3, -0.25) is 4.79 Å². The van der Waals surface area contributed by atoms with E-state index in [1.807, 2.05) is 32.1 Å². The van der Waals surface area contributed by atoms with Crippen LogP contribution in [0, 0.1) is 29.1 Å². The third-order valence-corrected chi connectivity index (χ3v) is 9.15. The molecule has 1 fully saturated rings. The molecular formula is C31H44O5. The van der Waals surface area contributed by atoms with Crippen molar-refractivity contribution in [3.63, 3.8) is 0 Å². The number of aryl methyl sites for hydroxylation is 1. The molecule has 1 aromatic carbocycles. The molecule has 0 amide bonds. The molecule has 1 aromatic rings. The lowest BCUT2D eigenvalue weighted by Gasteiger charge is -2.47. The normalized spacial score (nSPS) is 27.1. The number of Topliss-reactive ketones (excluding diaryl/α,β-unsaturated/α-hetero) is 1. The lowest BCUT2D eigenvalue weighted by molar-refractivity contribution is -0.122. The summed E-state index contributed by atoms with van der Waals surface area (Å²) in [6.45, 7) is 13.2. The maximum atomic E-state index is 13.5. The van der Waals surface area contributed by atoms with Crippen molar-refractivity contribution in [1.29, 1.82) is 0 Å². The minimum Gasteiger partial charge on any atom is -0.501 e. The van der Waals surface area contributed by atoms with Crippen molar-refractivity contribution >= 4 is 5.78 Å². The fraction of sp³-hybridized carbons (Fsp3) is 0.581. The van der Waals surface area contributed by atoms with Gasteiger partial charge in [-0.1, -0.05) is 39.3 Å². The van der Waals surface area contributed by atoms with E-state index < -0.39 is 0 Å². The molecule has 0 N–H and O–H groups in total. The van der Waals surface area contributed by atoms with Crippen LogP contribution >= 0.6 is 0 Å². The summed E-state index contributed by atoms with van der Waals surface area (Å²) in [5.41, 5.74) is 2.63. The Kier molecular flexibility index (Phi) is 8.02. The van der Waals surface area contributed by atoms with Gasteiger partial charge in [0.2, 0.25) is 0 Å². The number of hydrogen-bond acceptors (Lipinski definition) is 5. The molecule has 3 unspecified atom stereocenters. The molecule has 5 nitrogen and oxygen atoms in total. The van der Waals surface area contributed by atoms with E-state index in [0.717, 1.165) is 46.1 Å². The van der Waals surface area contributed by atoms with Crippen molar-refractivity contribution in [2.75, 3.05) is 28.4 Å². The van der Waals surface area contributed by atoms with Crippen LogP contribution in [0.3, 0.4) is 0 Å². The number of carbonyl (C=O) groups excluding carboxylic acids is 1. The average molecular weight is 497 g/mol. The fourth-order valence-corrected chi connectivity index (χ4v) is 6.55. The minimum atomic E-state index is -0.231. The first kappa shape index (κ1) is 27.9. The first-order valence-electron chi connectivity index (χ1n) is 12.8. The van der Waals surface area contributed by atoms with Gasteiger partial charge in [0.25, 0.3) is 0 Å². The molecule has 2 bridgehead atoms. The standard InChI is InChI=1S/C31H44O5/c1-20(11-12-22-15-24(33-7)14-21(2)28(22)36-10)13-23(32)17-30(5)19-26-27(35-9)16-25(34-8)18-31(30,6)29(26,3)4/h11,14-16,18,26H,12-13,17,19H2,1-10H3. The van der Waals surface area contributed by atoms with E-state index in [4.69, 9.17) is 18.9 Å². The Labute approximate surface area is 217 Å². The Morgan fingerprint density at radius 2 is 1.72 bits per heavy atom. The molecule has 0 radical (unpaired) electrons. The molecule has 198 valence electrons. The van der Waals surface area contributed by atoms with Crippen molar-refractivity contribution in [2.45, 2.75) is 67.2 Å². The number of rotatable bonds is 10. The van der Waals surface area contributed by atoms with Crippen LogP contribution in [0.4, 0.5) is 0 Å². The summed E-state index contributed by atoms with van der Waals surface area (Å²) in [7, 11) is 6.78. The zero-order valence-electron chi connectivity index (χ0n) is 23.8. The topological polar surface area (TPSA) is 54.0 Å². The Balaban J connectivity index is 1.80. The highest BCUT2D eigenvalue weighted by Crippen LogP contribution is 2.70. The van der Waals surface area contributed by atoms with Crippen LogP contribution < -0.4 is 9.47 Å². The molecule has 3 atom stereocenters. The monoisotopic (exact) mass is 496 g/mol. The summed E-state index contributed by atoms with van der Waals surface area (Å²) in [5.74, 6) is 3.90. The van der Waals surface area contributed by atoms with Gasteiger partial charge in [0.1, 0.15) is 28.8 Å². The lowest BCUT2D eigenvalue weighted by atomic mass is 9.56. The number of ketones is 1. The van der Waals surface area contributed by atoms with Gasteiger partial charge >= 0.3 is 0 Å². The van der Waals surface area contributed by atoms with Gasteiger partial charge in [-0.15, -0.1) is 0 Å². The first-order valence-corrected chi connectivity index (χ1v) is 12.8. The summed E-state index contributed by atoms with van der Waals surface area (Å²) >= 11 is 0. The number of methoxy groups -OCH3 is 4. The fourth-order valence-electron chi connectivity index (χ4n) is 6.55. The summed E-state index contributed by atoms with van der Waals surface area (Å²) in [6, 6.07) is 3.97. The van der Waals surface area contributed by atoms with E-state index in [0.29, 0.717) is 19.3 Å². The molecule has 0 aliphatic heterocycles. The second-order valence-electron chi connectivity index (χ2n) is 11.5. The molecule has 1 saturated carbocycles. The van der Waals surface area contributed by atoms with Crippen molar-refractivity contribution in [2.24, 2.45) is 22.2 Å². The third kappa shape index (κ3) is 4.81. The summed E-state index contributed by atoms with van der Waals surface area (Å²) in [6.07, 6.45) is 8.92. The molecule has 0 spiro atoms. The quantitative estimate of drug-likeness (QED) is 0.327. The van der Waals surface area contributed by atoms with Crippen LogP contribution in [0.25, 0.3) is 0 Å². The third-order valence-electron chi connectivity index (χ3n) is 9.15. The zero-order valence-corrected chi connectivity index (χ0v) is 23.8.